The first-order chi connectivity index (χ1) is 10.6. The van der Waals surface area contributed by atoms with Crippen LogP contribution in [0.4, 0.5) is 0 Å². The zero-order valence-electron chi connectivity index (χ0n) is 12.6. The van der Waals surface area contributed by atoms with Crippen LogP contribution in [-0.2, 0) is 9.53 Å². The predicted octanol–water partition coefficient (Wildman–Crippen LogP) is 0.818. The number of ether oxygens (including phenoxy) is 2. The molecule has 0 unspecified atom stereocenters. The summed E-state index contributed by atoms with van der Waals surface area (Å²) in [6.45, 7) is 0.698. The van der Waals surface area contributed by atoms with E-state index >= 15 is 0 Å². The second-order valence-corrected chi connectivity index (χ2v) is 4.42. The molecule has 0 heterocycles. The van der Waals surface area contributed by atoms with E-state index < -0.39 is 5.97 Å². The van der Waals surface area contributed by atoms with Gasteiger partial charge in [0.15, 0.2) is 0 Å². The molecule has 0 fully saturated rings. The average molecular weight is 304 g/mol. The molecule has 1 rings (SSSR count). The summed E-state index contributed by atoms with van der Waals surface area (Å²) in [4.78, 5) is 23.3. The van der Waals surface area contributed by atoms with E-state index in [1.807, 2.05) is 0 Å². The van der Waals surface area contributed by atoms with Crippen molar-refractivity contribution in [2.75, 3.05) is 20.2 Å². The van der Waals surface area contributed by atoms with E-state index in [-0.39, 0.29) is 12.5 Å². The molecule has 0 aliphatic carbocycles. The number of esters is 2. The van der Waals surface area contributed by atoms with Gasteiger partial charge >= 0.3 is 11.9 Å². The van der Waals surface area contributed by atoms with Gasteiger partial charge in [-0.25, -0.2) is 4.79 Å². The zero-order chi connectivity index (χ0) is 16.4. The van der Waals surface area contributed by atoms with Crippen LogP contribution in [0, 0.1) is 11.8 Å². The molecule has 0 aliphatic heterocycles. The van der Waals surface area contributed by atoms with Gasteiger partial charge < -0.3 is 20.9 Å². The highest BCUT2D eigenvalue weighted by molar-refractivity contribution is 5.92. The molecule has 6 heteroatoms. The summed E-state index contributed by atoms with van der Waals surface area (Å²) in [6.07, 6.45) is 1.73. The fourth-order valence-electron chi connectivity index (χ4n) is 1.72. The highest BCUT2D eigenvalue weighted by Gasteiger charge is 2.13. The van der Waals surface area contributed by atoms with Gasteiger partial charge in [0.25, 0.3) is 0 Å². The minimum atomic E-state index is -0.512. The molecule has 0 saturated carbocycles. The Bertz CT molecular complexity index is 588. The summed E-state index contributed by atoms with van der Waals surface area (Å²) in [5, 5.41) is 0. The molecule has 0 aromatic heterocycles. The summed E-state index contributed by atoms with van der Waals surface area (Å²) in [6, 6.07) is 4.56. The van der Waals surface area contributed by atoms with Crippen LogP contribution in [0.2, 0.25) is 0 Å². The second kappa shape index (κ2) is 9.55. The van der Waals surface area contributed by atoms with Gasteiger partial charge in [0.1, 0.15) is 5.75 Å². The molecular formula is C16H20N2O4. The molecule has 0 aliphatic rings. The van der Waals surface area contributed by atoms with E-state index in [0.717, 1.165) is 6.42 Å². The highest BCUT2D eigenvalue weighted by atomic mass is 16.5. The number of rotatable bonds is 6. The fourth-order valence-corrected chi connectivity index (χ4v) is 1.72. The lowest BCUT2D eigenvalue weighted by atomic mass is 10.1. The number of nitrogens with two attached hydrogens (primary N) is 2. The van der Waals surface area contributed by atoms with Crippen LogP contribution < -0.4 is 16.2 Å². The summed E-state index contributed by atoms with van der Waals surface area (Å²) in [5.41, 5.74) is 11.4. The molecule has 0 radical (unpaired) electrons. The third kappa shape index (κ3) is 5.56. The third-order valence-electron chi connectivity index (χ3n) is 2.79. The maximum atomic E-state index is 11.7. The van der Waals surface area contributed by atoms with Crippen molar-refractivity contribution in [2.24, 2.45) is 11.5 Å². The van der Waals surface area contributed by atoms with E-state index in [9.17, 15) is 9.59 Å². The Balaban J connectivity index is 2.89. The third-order valence-corrected chi connectivity index (χ3v) is 2.79. The zero-order valence-corrected chi connectivity index (χ0v) is 12.6. The van der Waals surface area contributed by atoms with Crippen LogP contribution >= 0.6 is 0 Å². The normalized spacial score (nSPS) is 9.59. The number of hydrogen-bond donors (Lipinski definition) is 2. The second-order valence-electron chi connectivity index (χ2n) is 4.42. The fraction of sp³-hybridized carbons (Fsp3) is 0.375. The SMILES string of the molecule is COC(=O)c1ccc(OC(=O)CCCCN)cc1C#CCN. The quantitative estimate of drug-likeness (QED) is 0.349. The first kappa shape index (κ1) is 17.7. The van der Waals surface area contributed by atoms with Gasteiger partial charge in [0.2, 0.25) is 0 Å². The van der Waals surface area contributed by atoms with Crippen molar-refractivity contribution in [3.05, 3.63) is 29.3 Å². The van der Waals surface area contributed by atoms with E-state index in [1.54, 1.807) is 0 Å². The van der Waals surface area contributed by atoms with Crippen molar-refractivity contribution < 1.29 is 19.1 Å². The Morgan fingerprint density at radius 1 is 1.23 bits per heavy atom. The van der Waals surface area contributed by atoms with Crippen molar-refractivity contribution >= 4 is 11.9 Å². The molecule has 1 aromatic carbocycles. The molecular weight excluding hydrogens is 284 g/mol. The maximum absolute atomic E-state index is 11.7. The van der Waals surface area contributed by atoms with E-state index in [2.05, 4.69) is 16.6 Å². The lowest BCUT2D eigenvalue weighted by Gasteiger charge is -2.07. The smallest absolute Gasteiger partial charge is 0.339 e. The van der Waals surface area contributed by atoms with Crippen molar-refractivity contribution in [3.8, 4) is 17.6 Å². The first-order valence-electron chi connectivity index (χ1n) is 6.94. The van der Waals surface area contributed by atoms with Gasteiger partial charge in [-0.2, -0.15) is 0 Å². The molecule has 6 nitrogen and oxygen atoms in total. The summed E-state index contributed by atoms with van der Waals surface area (Å²) in [5.74, 6) is 4.90. The highest BCUT2D eigenvalue weighted by Crippen LogP contribution is 2.19. The van der Waals surface area contributed by atoms with Gasteiger partial charge in [-0.1, -0.05) is 11.8 Å². The molecule has 0 bridgehead atoms. The summed E-state index contributed by atoms with van der Waals surface area (Å²) >= 11 is 0. The molecule has 1 aromatic rings. The Morgan fingerprint density at radius 2 is 2.00 bits per heavy atom. The van der Waals surface area contributed by atoms with Crippen LogP contribution in [0.15, 0.2) is 18.2 Å². The van der Waals surface area contributed by atoms with Crippen molar-refractivity contribution in [1.29, 1.82) is 0 Å². The van der Waals surface area contributed by atoms with Gasteiger partial charge in [-0.05, 0) is 37.6 Å². The molecule has 0 spiro atoms. The van der Waals surface area contributed by atoms with Crippen molar-refractivity contribution in [2.45, 2.75) is 19.3 Å². The number of carbonyl (C=O) groups excluding carboxylic acids is 2. The standard InChI is InChI=1S/C16H20N2O4/c1-21-16(20)14-8-7-13(11-12(14)5-4-10-18)22-15(19)6-2-3-9-17/h7-8,11H,2-3,6,9-10,17-18H2,1H3. The van der Waals surface area contributed by atoms with Crippen LogP contribution in [0.5, 0.6) is 5.75 Å². The number of unbranched alkanes of at least 4 members (excludes halogenated alkanes) is 1. The average Bonchev–Trinajstić information content (AvgIpc) is 2.52. The Labute approximate surface area is 129 Å². The maximum Gasteiger partial charge on any atom is 0.339 e. The lowest BCUT2D eigenvalue weighted by Crippen LogP contribution is -2.10. The van der Waals surface area contributed by atoms with Gasteiger partial charge in [0, 0.05) is 12.0 Å². The Kier molecular flexibility index (Phi) is 7.68. The minimum absolute atomic E-state index is 0.156. The van der Waals surface area contributed by atoms with Gasteiger partial charge in [-0.15, -0.1) is 0 Å². The Hall–Kier alpha value is -2.36. The molecule has 0 atom stereocenters. The lowest BCUT2D eigenvalue weighted by molar-refractivity contribution is -0.134. The monoisotopic (exact) mass is 304 g/mol. The van der Waals surface area contributed by atoms with Gasteiger partial charge in [0.05, 0.1) is 19.2 Å². The van der Waals surface area contributed by atoms with Crippen molar-refractivity contribution in [1.82, 2.24) is 0 Å². The van der Waals surface area contributed by atoms with E-state index in [1.165, 1.54) is 25.3 Å². The molecule has 22 heavy (non-hydrogen) atoms. The number of methoxy groups -OCH3 is 1. The van der Waals surface area contributed by atoms with Crippen LogP contribution in [-0.4, -0.2) is 32.1 Å². The first-order valence-corrected chi connectivity index (χ1v) is 6.94. The number of carbonyl (C=O) groups is 2. The van der Waals surface area contributed by atoms with Crippen LogP contribution in [0.1, 0.15) is 35.2 Å². The largest absolute Gasteiger partial charge is 0.465 e. The topological polar surface area (TPSA) is 105 Å². The molecule has 118 valence electrons. The van der Waals surface area contributed by atoms with Crippen LogP contribution in [0.3, 0.4) is 0 Å². The predicted molar refractivity (Wildman–Crippen MR) is 82.3 cm³/mol. The molecule has 4 N–H and O–H groups in total. The number of benzene rings is 1. The Morgan fingerprint density at radius 3 is 2.64 bits per heavy atom. The molecule has 0 saturated heterocycles. The van der Waals surface area contributed by atoms with Gasteiger partial charge in [-0.3, -0.25) is 4.79 Å². The minimum Gasteiger partial charge on any atom is -0.465 e. The van der Waals surface area contributed by atoms with Crippen LogP contribution in [0.25, 0.3) is 0 Å². The summed E-state index contributed by atoms with van der Waals surface area (Å²) in [7, 11) is 1.29. The number of hydrogen-bond acceptors (Lipinski definition) is 6. The summed E-state index contributed by atoms with van der Waals surface area (Å²) < 4.78 is 9.90. The van der Waals surface area contributed by atoms with Crippen molar-refractivity contribution in [3.63, 3.8) is 0 Å². The van der Waals surface area contributed by atoms with E-state index in [4.69, 9.17) is 16.2 Å². The van der Waals surface area contributed by atoms with E-state index in [0.29, 0.717) is 36.3 Å². The molecule has 0 amide bonds.